The molecule has 2 fully saturated rings. The molecule has 2 aliphatic heterocycles. The van der Waals surface area contributed by atoms with Crippen LogP contribution in [0, 0.1) is 5.92 Å². The van der Waals surface area contributed by atoms with Crippen LogP contribution in [0.4, 0.5) is 4.79 Å². The van der Waals surface area contributed by atoms with Crippen LogP contribution in [0.1, 0.15) is 18.9 Å². The van der Waals surface area contributed by atoms with Gasteiger partial charge < -0.3 is 19.7 Å². The molecule has 1 aromatic rings. The molecule has 1 N–H and O–H groups in total. The predicted octanol–water partition coefficient (Wildman–Crippen LogP) is 1.95. The molecule has 6 heteroatoms. The number of likely N-dealkylation sites (tertiary alicyclic amines) is 2. The van der Waals surface area contributed by atoms with Crippen molar-refractivity contribution < 1.29 is 14.3 Å². The van der Waals surface area contributed by atoms with Gasteiger partial charge in [0.15, 0.2) is 0 Å². The maximum Gasteiger partial charge on any atom is 0.317 e. The Morgan fingerprint density at radius 3 is 2.42 bits per heavy atom. The van der Waals surface area contributed by atoms with Crippen molar-refractivity contribution in [3.8, 4) is 0 Å². The summed E-state index contributed by atoms with van der Waals surface area (Å²) in [6.45, 7) is 6.37. The number of nitrogens with zero attached hydrogens (tertiary/aromatic N) is 2. The number of benzene rings is 1. The summed E-state index contributed by atoms with van der Waals surface area (Å²) in [7, 11) is 3.33. The van der Waals surface area contributed by atoms with E-state index >= 15 is 0 Å². The Morgan fingerprint density at radius 2 is 1.81 bits per heavy atom. The highest BCUT2D eigenvalue weighted by Crippen LogP contribution is 2.22. The van der Waals surface area contributed by atoms with E-state index in [0.29, 0.717) is 19.0 Å². The molecule has 2 amide bonds. The highest BCUT2D eigenvalue weighted by Gasteiger charge is 2.36. The molecule has 2 unspecified atom stereocenters. The Labute approximate surface area is 156 Å². The van der Waals surface area contributed by atoms with Crippen LogP contribution in [0.15, 0.2) is 30.3 Å². The van der Waals surface area contributed by atoms with Gasteiger partial charge in [0.2, 0.25) is 0 Å². The zero-order chi connectivity index (χ0) is 18.5. The summed E-state index contributed by atoms with van der Waals surface area (Å²) in [5, 5.41) is 3.19. The summed E-state index contributed by atoms with van der Waals surface area (Å²) >= 11 is 0. The number of nitrogens with one attached hydrogen (secondary N) is 1. The Kier molecular flexibility index (Phi) is 6.51. The SMILES string of the molecule is CO[C@H]1CN(C(=O)NC(C)C2CCN(Cc3ccccc3)C2)C[C@H]1OC. The van der Waals surface area contributed by atoms with E-state index in [1.807, 2.05) is 0 Å². The molecular formula is C20H31N3O3. The average Bonchev–Trinajstić information content (AvgIpc) is 3.29. The molecule has 0 aliphatic carbocycles. The van der Waals surface area contributed by atoms with Crippen LogP contribution in [0.3, 0.4) is 0 Å². The van der Waals surface area contributed by atoms with Gasteiger partial charge in [0.1, 0.15) is 12.2 Å². The van der Waals surface area contributed by atoms with Crippen molar-refractivity contribution >= 4 is 6.03 Å². The molecule has 0 radical (unpaired) electrons. The molecule has 144 valence electrons. The monoisotopic (exact) mass is 361 g/mol. The van der Waals surface area contributed by atoms with Gasteiger partial charge in [-0.1, -0.05) is 30.3 Å². The number of amides is 2. The first kappa shape index (κ1) is 19.1. The summed E-state index contributed by atoms with van der Waals surface area (Å²) < 4.78 is 10.8. The van der Waals surface area contributed by atoms with Crippen molar-refractivity contribution in [1.29, 1.82) is 0 Å². The number of hydrogen-bond acceptors (Lipinski definition) is 4. The van der Waals surface area contributed by atoms with E-state index in [2.05, 4.69) is 47.5 Å². The molecule has 26 heavy (non-hydrogen) atoms. The topological polar surface area (TPSA) is 54.0 Å². The number of hydrogen-bond donors (Lipinski definition) is 1. The predicted molar refractivity (Wildman–Crippen MR) is 101 cm³/mol. The normalized spacial score (nSPS) is 27.7. The minimum Gasteiger partial charge on any atom is -0.377 e. The van der Waals surface area contributed by atoms with Gasteiger partial charge in [-0.15, -0.1) is 0 Å². The lowest BCUT2D eigenvalue weighted by Gasteiger charge is -2.25. The maximum absolute atomic E-state index is 12.6. The minimum atomic E-state index is -0.0473. The molecule has 2 heterocycles. The number of carbonyl (C=O) groups is 1. The fourth-order valence-corrected chi connectivity index (χ4v) is 4.02. The van der Waals surface area contributed by atoms with Gasteiger partial charge in [0.05, 0.1) is 13.1 Å². The molecule has 3 rings (SSSR count). The Hall–Kier alpha value is -1.63. The van der Waals surface area contributed by atoms with E-state index in [1.54, 1.807) is 19.1 Å². The maximum atomic E-state index is 12.6. The first-order valence-electron chi connectivity index (χ1n) is 9.48. The van der Waals surface area contributed by atoms with Crippen LogP contribution in [-0.2, 0) is 16.0 Å². The lowest BCUT2D eigenvalue weighted by Crippen LogP contribution is -2.46. The van der Waals surface area contributed by atoms with E-state index < -0.39 is 0 Å². The first-order chi connectivity index (χ1) is 12.6. The molecule has 4 atom stereocenters. The standard InChI is InChI=1S/C20H31N3O3/c1-15(21-20(24)23-13-18(25-2)19(14-23)26-3)17-9-10-22(12-17)11-16-7-5-4-6-8-16/h4-8,15,17-19H,9-14H2,1-3H3,(H,21,24)/t15?,17?,18-,19+. The Morgan fingerprint density at radius 1 is 1.15 bits per heavy atom. The smallest absolute Gasteiger partial charge is 0.317 e. The molecule has 0 bridgehead atoms. The van der Waals surface area contributed by atoms with Crippen LogP contribution in [0.25, 0.3) is 0 Å². The summed E-state index contributed by atoms with van der Waals surface area (Å²) in [5.41, 5.74) is 1.35. The second-order valence-corrected chi connectivity index (χ2v) is 7.46. The Bertz CT molecular complexity index is 571. The number of ether oxygens (including phenoxy) is 2. The van der Waals surface area contributed by atoms with E-state index in [4.69, 9.17) is 9.47 Å². The van der Waals surface area contributed by atoms with E-state index in [9.17, 15) is 4.79 Å². The first-order valence-corrected chi connectivity index (χ1v) is 9.48. The highest BCUT2D eigenvalue weighted by molar-refractivity contribution is 5.75. The van der Waals surface area contributed by atoms with Gasteiger partial charge in [-0.2, -0.15) is 0 Å². The third-order valence-electron chi connectivity index (χ3n) is 5.72. The molecule has 2 aliphatic rings. The van der Waals surface area contributed by atoms with Crippen molar-refractivity contribution in [2.75, 3.05) is 40.4 Å². The van der Waals surface area contributed by atoms with Gasteiger partial charge >= 0.3 is 6.03 Å². The van der Waals surface area contributed by atoms with Crippen molar-refractivity contribution in [3.05, 3.63) is 35.9 Å². The third kappa shape index (κ3) is 4.55. The molecule has 6 nitrogen and oxygen atoms in total. The van der Waals surface area contributed by atoms with Crippen molar-refractivity contribution in [2.45, 2.75) is 38.1 Å². The lowest BCUT2D eigenvalue weighted by atomic mass is 10.0. The lowest BCUT2D eigenvalue weighted by molar-refractivity contribution is -0.00461. The largest absolute Gasteiger partial charge is 0.377 e. The molecule has 1 aromatic carbocycles. The van der Waals surface area contributed by atoms with Crippen molar-refractivity contribution in [2.24, 2.45) is 5.92 Å². The average molecular weight is 361 g/mol. The van der Waals surface area contributed by atoms with Crippen molar-refractivity contribution in [3.63, 3.8) is 0 Å². The van der Waals surface area contributed by atoms with Gasteiger partial charge in [-0.05, 0) is 31.4 Å². The van der Waals surface area contributed by atoms with Crippen LogP contribution in [0.5, 0.6) is 0 Å². The molecule has 0 saturated carbocycles. The van der Waals surface area contributed by atoms with Crippen molar-refractivity contribution in [1.82, 2.24) is 15.1 Å². The number of methoxy groups -OCH3 is 2. The zero-order valence-electron chi connectivity index (χ0n) is 16.1. The van der Waals surface area contributed by atoms with E-state index in [-0.39, 0.29) is 24.3 Å². The van der Waals surface area contributed by atoms with Crippen LogP contribution < -0.4 is 5.32 Å². The van der Waals surface area contributed by atoms with Gasteiger partial charge in [-0.3, -0.25) is 4.90 Å². The summed E-state index contributed by atoms with van der Waals surface area (Å²) in [6.07, 6.45) is 1.03. The zero-order valence-corrected chi connectivity index (χ0v) is 16.1. The Balaban J connectivity index is 1.46. The molecule has 2 saturated heterocycles. The van der Waals surface area contributed by atoms with Gasteiger partial charge in [0, 0.05) is 33.4 Å². The van der Waals surface area contributed by atoms with Gasteiger partial charge in [0.25, 0.3) is 0 Å². The summed E-state index contributed by atoms with van der Waals surface area (Å²) in [4.78, 5) is 16.9. The molecule has 0 aromatic heterocycles. The summed E-state index contributed by atoms with van der Waals surface area (Å²) in [6, 6.07) is 10.7. The molecular weight excluding hydrogens is 330 g/mol. The second-order valence-electron chi connectivity index (χ2n) is 7.46. The van der Waals surface area contributed by atoms with Crippen LogP contribution in [0.2, 0.25) is 0 Å². The van der Waals surface area contributed by atoms with Crippen LogP contribution in [-0.4, -0.2) is 74.5 Å². The van der Waals surface area contributed by atoms with E-state index in [1.165, 1.54) is 5.56 Å². The third-order valence-corrected chi connectivity index (χ3v) is 5.72. The van der Waals surface area contributed by atoms with Gasteiger partial charge in [-0.25, -0.2) is 4.79 Å². The fraction of sp³-hybridized carbons (Fsp3) is 0.650. The number of urea groups is 1. The van der Waals surface area contributed by atoms with E-state index in [0.717, 1.165) is 26.1 Å². The highest BCUT2D eigenvalue weighted by atomic mass is 16.5. The fourth-order valence-electron chi connectivity index (χ4n) is 4.02. The second kappa shape index (κ2) is 8.84. The van der Waals surface area contributed by atoms with Crippen LogP contribution >= 0.6 is 0 Å². The minimum absolute atomic E-state index is 0.0133. The quantitative estimate of drug-likeness (QED) is 0.842. The summed E-state index contributed by atoms with van der Waals surface area (Å²) in [5.74, 6) is 0.488. The number of carbonyl (C=O) groups excluding carboxylic acids is 1. The molecule has 0 spiro atoms. The number of rotatable bonds is 6.